The Morgan fingerprint density at radius 2 is 2.10 bits per heavy atom. The molecule has 0 aliphatic carbocycles. The predicted octanol–water partition coefficient (Wildman–Crippen LogP) is 1.85. The highest BCUT2D eigenvalue weighted by molar-refractivity contribution is 5.41. The molecule has 1 atom stereocenters. The molecule has 2 rings (SSSR count). The fourth-order valence-corrected chi connectivity index (χ4v) is 2.30. The van der Waals surface area contributed by atoms with Crippen LogP contribution in [0.3, 0.4) is 0 Å². The van der Waals surface area contributed by atoms with Crippen molar-refractivity contribution in [2.75, 3.05) is 7.11 Å². The van der Waals surface area contributed by atoms with Crippen LogP contribution in [0.15, 0.2) is 30.6 Å². The topological polar surface area (TPSA) is 73.1 Å². The molecule has 2 heterocycles. The van der Waals surface area contributed by atoms with Crippen molar-refractivity contribution in [3.63, 3.8) is 0 Å². The third-order valence-electron chi connectivity index (χ3n) is 3.39. The summed E-state index contributed by atoms with van der Waals surface area (Å²) in [6, 6.07) is 5.71. The first-order valence-corrected chi connectivity index (χ1v) is 6.53. The van der Waals surface area contributed by atoms with Crippen LogP contribution in [0.4, 0.5) is 0 Å². The number of hydrogen-bond acceptors (Lipinski definition) is 5. The second-order valence-corrected chi connectivity index (χ2v) is 4.72. The maximum atomic E-state index is 5.65. The standard InChI is InChI=1S/C15H20N4O/c1-10-9-18-13(11(2)15(10)20-3)8-14(19-16)12-6-4-5-7-17-12/h4-7,9,14,19H,8,16H2,1-3H3. The molecule has 2 aromatic rings. The summed E-state index contributed by atoms with van der Waals surface area (Å²) in [6.45, 7) is 4.00. The molecule has 0 amide bonds. The van der Waals surface area contributed by atoms with Gasteiger partial charge in [-0.15, -0.1) is 0 Å². The number of nitrogens with one attached hydrogen (secondary N) is 1. The van der Waals surface area contributed by atoms with Gasteiger partial charge in [0.05, 0.1) is 18.8 Å². The maximum absolute atomic E-state index is 5.65. The number of ether oxygens (including phenoxy) is 1. The Labute approximate surface area is 119 Å². The lowest BCUT2D eigenvalue weighted by Crippen LogP contribution is -2.30. The molecule has 0 bridgehead atoms. The van der Waals surface area contributed by atoms with E-state index in [2.05, 4.69) is 15.4 Å². The quantitative estimate of drug-likeness (QED) is 0.642. The first-order chi connectivity index (χ1) is 9.67. The minimum atomic E-state index is -0.0742. The highest BCUT2D eigenvalue weighted by atomic mass is 16.5. The monoisotopic (exact) mass is 272 g/mol. The van der Waals surface area contributed by atoms with Gasteiger partial charge in [-0.3, -0.25) is 21.2 Å². The number of aryl methyl sites for hydroxylation is 1. The van der Waals surface area contributed by atoms with E-state index in [0.29, 0.717) is 6.42 Å². The lowest BCUT2D eigenvalue weighted by molar-refractivity contribution is 0.406. The van der Waals surface area contributed by atoms with Gasteiger partial charge in [0.2, 0.25) is 0 Å². The smallest absolute Gasteiger partial charge is 0.128 e. The largest absolute Gasteiger partial charge is 0.496 e. The number of methoxy groups -OCH3 is 1. The second kappa shape index (κ2) is 6.45. The molecule has 20 heavy (non-hydrogen) atoms. The molecule has 1 unspecified atom stereocenters. The molecule has 106 valence electrons. The molecule has 3 N–H and O–H groups in total. The Bertz CT molecular complexity index is 572. The van der Waals surface area contributed by atoms with Crippen molar-refractivity contribution in [2.45, 2.75) is 26.3 Å². The zero-order valence-electron chi connectivity index (χ0n) is 12.1. The van der Waals surface area contributed by atoms with E-state index in [0.717, 1.165) is 28.3 Å². The first-order valence-electron chi connectivity index (χ1n) is 6.53. The van der Waals surface area contributed by atoms with Gasteiger partial charge in [-0.1, -0.05) is 6.07 Å². The van der Waals surface area contributed by atoms with Crippen LogP contribution in [-0.4, -0.2) is 17.1 Å². The molecule has 0 spiro atoms. The van der Waals surface area contributed by atoms with Gasteiger partial charge < -0.3 is 4.74 Å². The summed E-state index contributed by atoms with van der Waals surface area (Å²) in [5.41, 5.74) is 6.74. The molecule has 0 saturated heterocycles. The minimum Gasteiger partial charge on any atom is -0.496 e. The Morgan fingerprint density at radius 1 is 1.30 bits per heavy atom. The van der Waals surface area contributed by atoms with Gasteiger partial charge in [0.25, 0.3) is 0 Å². The van der Waals surface area contributed by atoms with Gasteiger partial charge in [-0.05, 0) is 26.0 Å². The number of rotatable bonds is 5. The van der Waals surface area contributed by atoms with E-state index < -0.39 is 0 Å². The predicted molar refractivity (Wildman–Crippen MR) is 78.3 cm³/mol. The summed E-state index contributed by atoms with van der Waals surface area (Å²) in [5.74, 6) is 6.54. The molecule has 0 aliphatic rings. The molecule has 0 aliphatic heterocycles. The van der Waals surface area contributed by atoms with Crippen LogP contribution < -0.4 is 16.0 Å². The van der Waals surface area contributed by atoms with E-state index in [1.807, 2.05) is 38.2 Å². The summed E-state index contributed by atoms with van der Waals surface area (Å²) in [4.78, 5) is 8.83. The van der Waals surface area contributed by atoms with E-state index in [1.54, 1.807) is 13.3 Å². The number of hydrogen-bond donors (Lipinski definition) is 2. The molecule has 0 fully saturated rings. The number of hydrazine groups is 1. The van der Waals surface area contributed by atoms with Crippen molar-refractivity contribution in [3.05, 3.63) is 53.1 Å². The summed E-state index contributed by atoms with van der Waals surface area (Å²) < 4.78 is 5.43. The Morgan fingerprint density at radius 3 is 2.70 bits per heavy atom. The van der Waals surface area contributed by atoms with Crippen LogP contribution in [0.1, 0.15) is 28.6 Å². The van der Waals surface area contributed by atoms with E-state index in [-0.39, 0.29) is 6.04 Å². The number of pyridine rings is 2. The molecule has 5 nitrogen and oxygen atoms in total. The third-order valence-corrected chi connectivity index (χ3v) is 3.39. The zero-order chi connectivity index (χ0) is 14.5. The Hall–Kier alpha value is -1.98. The first kappa shape index (κ1) is 14.4. The fraction of sp³-hybridized carbons (Fsp3) is 0.333. The van der Waals surface area contributed by atoms with Gasteiger partial charge in [-0.25, -0.2) is 0 Å². The lowest BCUT2D eigenvalue weighted by Gasteiger charge is -2.18. The van der Waals surface area contributed by atoms with Crippen LogP contribution in [0.2, 0.25) is 0 Å². The normalized spacial score (nSPS) is 12.2. The number of nitrogens with two attached hydrogens (primary N) is 1. The highest BCUT2D eigenvalue weighted by Crippen LogP contribution is 2.26. The highest BCUT2D eigenvalue weighted by Gasteiger charge is 2.16. The summed E-state index contributed by atoms with van der Waals surface area (Å²) in [7, 11) is 1.68. The van der Waals surface area contributed by atoms with Crippen molar-refractivity contribution in [1.29, 1.82) is 0 Å². The van der Waals surface area contributed by atoms with E-state index in [9.17, 15) is 0 Å². The molecular formula is C15H20N4O. The van der Waals surface area contributed by atoms with Gasteiger partial charge in [0.15, 0.2) is 0 Å². The number of aromatic nitrogens is 2. The average Bonchev–Trinajstić information content (AvgIpc) is 2.48. The molecule has 0 radical (unpaired) electrons. The third kappa shape index (κ3) is 2.95. The SMILES string of the molecule is COc1c(C)cnc(CC(NN)c2ccccn2)c1C. The summed E-state index contributed by atoms with van der Waals surface area (Å²) in [5, 5.41) is 0. The fourth-order valence-electron chi connectivity index (χ4n) is 2.30. The van der Waals surface area contributed by atoms with E-state index in [4.69, 9.17) is 10.6 Å². The van der Waals surface area contributed by atoms with E-state index in [1.165, 1.54) is 0 Å². The van der Waals surface area contributed by atoms with Crippen LogP contribution in [0, 0.1) is 13.8 Å². The Kier molecular flexibility index (Phi) is 4.65. The second-order valence-electron chi connectivity index (χ2n) is 4.72. The van der Waals surface area contributed by atoms with Crippen molar-refractivity contribution in [2.24, 2.45) is 5.84 Å². The van der Waals surface area contributed by atoms with E-state index >= 15 is 0 Å². The zero-order valence-corrected chi connectivity index (χ0v) is 12.1. The number of nitrogens with zero attached hydrogens (tertiary/aromatic N) is 2. The van der Waals surface area contributed by atoms with Gasteiger partial charge in [-0.2, -0.15) is 0 Å². The molecule has 0 saturated carbocycles. The van der Waals surface area contributed by atoms with Gasteiger partial charge >= 0.3 is 0 Å². The maximum Gasteiger partial charge on any atom is 0.128 e. The molecular weight excluding hydrogens is 252 g/mol. The molecule has 0 aromatic carbocycles. The van der Waals surface area contributed by atoms with Crippen molar-refractivity contribution < 1.29 is 4.74 Å². The van der Waals surface area contributed by atoms with Crippen molar-refractivity contribution in [3.8, 4) is 5.75 Å². The molecule has 5 heteroatoms. The summed E-state index contributed by atoms with van der Waals surface area (Å²) >= 11 is 0. The van der Waals surface area contributed by atoms with Crippen LogP contribution in [0.25, 0.3) is 0 Å². The van der Waals surface area contributed by atoms with Gasteiger partial charge in [0, 0.05) is 35.6 Å². The summed E-state index contributed by atoms with van der Waals surface area (Å²) in [6.07, 6.45) is 4.25. The average molecular weight is 272 g/mol. The minimum absolute atomic E-state index is 0.0742. The van der Waals surface area contributed by atoms with Crippen LogP contribution >= 0.6 is 0 Å². The van der Waals surface area contributed by atoms with Crippen molar-refractivity contribution in [1.82, 2.24) is 15.4 Å². The van der Waals surface area contributed by atoms with Crippen LogP contribution in [-0.2, 0) is 6.42 Å². The Balaban J connectivity index is 2.29. The molecule has 2 aromatic heterocycles. The van der Waals surface area contributed by atoms with Crippen LogP contribution in [0.5, 0.6) is 5.75 Å². The van der Waals surface area contributed by atoms with Crippen molar-refractivity contribution >= 4 is 0 Å². The lowest BCUT2D eigenvalue weighted by atomic mass is 10.0. The van der Waals surface area contributed by atoms with Gasteiger partial charge in [0.1, 0.15) is 5.75 Å².